The molecule has 0 radical (unpaired) electrons. The fraction of sp³-hybridized carbons (Fsp3) is 0.333. The predicted octanol–water partition coefficient (Wildman–Crippen LogP) is 3.30. The molecule has 8 heteroatoms. The van der Waals surface area contributed by atoms with Crippen molar-refractivity contribution in [3.05, 3.63) is 81.4 Å². The number of hydrogen-bond acceptors (Lipinski definition) is 4. The Labute approximate surface area is 186 Å². The summed E-state index contributed by atoms with van der Waals surface area (Å²) in [5.74, 6) is 0.237. The molecule has 1 unspecified atom stereocenters. The van der Waals surface area contributed by atoms with Gasteiger partial charge >= 0.3 is 0 Å². The molecular weight excluding hydrogens is 404 g/mol. The third-order valence-corrected chi connectivity index (χ3v) is 5.52. The molecule has 3 N–H and O–H groups in total. The predicted molar refractivity (Wildman–Crippen MR) is 124 cm³/mol. The average Bonchev–Trinajstić information content (AvgIpc) is 3.30. The number of aromatic amines is 2. The maximum atomic E-state index is 13.3. The van der Waals surface area contributed by atoms with Gasteiger partial charge in [-0.3, -0.25) is 14.3 Å². The number of H-pyrrole nitrogens is 2. The van der Waals surface area contributed by atoms with Gasteiger partial charge in [0.1, 0.15) is 11.5 Å². The Balaban J connectivity index is 1.70. The van der Waals surface area contributed by atoms with Crippen molar-refractivity contribution >= 4 is 16.8 Å². The van der Waals surface area contributed by atoms with Crippen molar-refractivity contribution < 1.29 is 4.79 Å². The maximum absolute atomic E-state index is 13.3. The molecule has 4 rings (SSSR count). The molecule has 0 fully saturated rings. The van der Waals surface area contributed by atoms with E-state index in [2.05, 4.69) is 46.1 Å². The lowest BCUT2D eigenvalue weighted by atomic mass is 9.92. The van der Waals surface area contributed by atoms with Crippen molar-refractivity contribution in [2.45, 2.75) is 45.6 Å². The fourth-order valence-corrected chi connectivity index (χ4v) is 3.81. The highest BCUT2D eigenvalue weighted by Gasteiger charge is 2.25. The fourth-order valence-electron chi connectivity index (χ4n) is 3.81. The summed E-state index contributed by atoms with van der Waals surface area (Å²) < 4.78 is 1.59. The highest BCUT2D eigenvalue weighted by atomic mass is 16.2. The second-order valence-electron chi connectivity index (χ2n) is 9.13. The molecule has 3 heterocycles. The Morgan fingerprint density at radius 3 is 2.66 bits per heavy atom. The highest BCUT2D eigenvalue weighted by Crippen LogP contribution is 2.25. The molecule has 0 aliphatic rings. The first-order valence-corrected chi connectivity index (χ1v) is 10.6. The zero-order chi connectivity index (χ0) is 23.0. The van der Waals surface area contributed by atoms with Gasteiger partial charge in [-0.25, -0.2) is 4.98 Å². The lowest BCUT2D eigenvalue weighted by Crippen LogP contribution is -2.33. The van der Waals surface area contributed by atoms with Gasteiger partial charge < -0.3 is 15.3 Å². The number of fused-ring (bicyclic) bond motifs is 1. The van der Waals surface area contributed by atoms with Crippen molar-refractivity contribution in [1.29, 1.82) is 0 Å². The molecule has 32 heavy (non-hydrogen) atoms. The summed E-state index contributed by atoms with van der Waals surface area (Å²) in [7, 11) is 1.76. The summed E-state index contributed by atoms with van der Waals surface area (Å²) in [4.78, 5) is 35.8. The van der Waals surface area contributed by atoms with Gasteiger partial charge in [-0.2, -0.15) is 5.10 Å². The standard InChI is InChI=1S/C24H28N6O2/c1-14-26-19(11-22(31)27-14)18(10-15-13-25-17-9-7-6-8-16(15)17)28-23(32)20-12-21(24(2,3)4)29-30(20)5/h6-9,11-13,18,25H,10H2,1-5H3,(H,28,32)(H,26,27,31). The van der Waals surface area contributed by atoms with Crippen molar-refractivity contribution in [3.8, 4) is 0 Å². The Kier molecular flexibility index (Phi) is 5.46. The van der Waals surface area contributed by atoms with E-state index in [1.165, 1.54) is 6.07 Å². The number of benzene rings is 1. The van der Waals surface area contributed by atoms with E-state index in [1.807, 2.05) is 36.5 Å². The van der Waals surface area contributed by atoms with Crippen LogP contribution in [0.3, 0.4) is 0 Å². The van der Waals surface area contributed by atoms with Crippen LogP contribution in [0.25, 0.3) is 10.9 Å². The van der Waals surface area contributed by atoms with Gasteiger partial charge in [-0.1, -0.05) is 39.0 Å². The van der Waals surface area contributed by atoms with E-state index in [9.17, 15) is 9.59 Å². The average molecular weight is 433 g/mol. The van der Waals surface area contributed by atoms with Gasteiger partial charge in [0.2, 0.25) is 0 Å². The molecule has 1 atom stereocenters. The van der Waals surface area contributed by atoms with Crippen LogP contribution in [-0.2, 0) is 18.9 Å². The highest BCUT2D eigenvalue weighted by molar-refractivity contribution is 5.93. The van der Waals surface area contributed by atoms with Gasteiger partial charge in [0, 0.05) is 42.0 Å². The van der Waals surface area contributed by atoms with Crippen LogP contribution in [0.2, 0.25) is 0 Å². The monoisotopic (exact) mass is 432 g/mol. The molecule has 0 saturated heterocycles. The molecule has 1 amide bonds. The zero-order valence-corrected chi connectivity index (χ0v) is 19.0. The van der Waals surface area contributed by atoms with E-state index in [1.54, 1.807) is 18.7 Å². The van der Waals surface area contributed by atoms with Crippen molar-refractivity contribution in [2.24, 2.45) is 7.05 Å². The van der Waals surface area contributed by atoms with Crippen molar-refractivity contribution in [2.75, 3.05) is 0 Å². The third-order valence-electron chi connectivity index (χ3n) is 5.52. The first-order valence-electron chi connectivity index (χ1n) is 10.6. The van der Waals surface area contributed by atoms with Gasteiger partial charge in [0.05, 0.1) is 17.4 Å². The van der Waals surface area contributed by atoms with Gasteiger partial charge in [-0.15, -0.1) is 0 Å². The van der Waals surface area contributed by atoms with E-state index in [-0.39, 0.29) is 16.9 Å². The quantitative estimate of drug-likeness (QED) is 0.450. The van der Waals surface area contributed by atoms with E-state index in [0.29, 0.717) is 23.6 Å². The minimum atomic E-state index is -0.490. The van der Waals surface area contributed by atoms with Gasteiger partial charge in [-0.05, 0) is 24.6 Å². The summed E-state index contributed by atoms with van der Waals surface area (Å²) in [6.07, 6.45) is 2.42. The number of nitrogens with one attached hydrogen (secondary N) is 3. The molecule has 3 aromatic heterocycles. The number of aromatic nitrogens is 5. The van der Waals surface area contributed by atoms with Crippen LogP contribution in [0.15, 0.2) is 47.4 Å². The molecule has 1 aromatic carbocycles. The van der Waals surface area contributed by atoms with Gasteiger partial charge in [0.25, 0.3) is 11.5 Å². The number of carbonyl (C=O) groups is 1. The first-order chi connectivity index (χ1) is 15.1. The Bertz CT molecular complexity index is 1340. The Morgan fingerprint density at radius 1 is 1.22 bits per heavy atom. The third kappa shape index (κ3) is 4.34. The van der Waals surface area contributed by atoms with Crippen LogP contribution >= 0.6 is 0 Å². The van der Waals surface area contributed by atoms with E-state index < -0.39 is 6.04 Å². The minimum Gasteiger partial charge on any atom is -0.361 e. The minimum absolute atomic E-state index is 0.175. The molecule has 4 aromatic rings. The number of rotatable bonds is 5. The normalized spacial score (nSPS) is 12.8. The van der Waals surface area contributed by atoms with Crippen molar-refractivity contribution in [1.82, 2.24) is 30.0 Å². The molecule has 0 bridgehead atoms. The topological polar surface area (TPSA) is 108 Å². The zero-order valence-electron chi connectivity index (χ0n) is 19.0. The molecular formula is C24H28N6O2. The summed E-state index contributed by atoms with van der Waals surface area (Å²) in [6.45, 7) is 7.89. The van der Waals surface area contributed by atoms with Crippen LogP contribution in [0.4, 0.5) is 0 Å². The lowest BCUT2D eigenvalue weighted by molar-refractivity contribution is 0.0926. The van der Waals surface area contributed by atoms with Crippen LogP contribution in [0.1, 0.15) is 60.1 Å². The second kappa shape index (κ2) is 8.11. The summed E-state index contributed by atoms with van der Waals surface area (Å²) in [6, 6.07) is 10.8. The number of aryl methyl sites for hydroxylation is 2. The molecule has 0 spiro atoms. The van der Waals surface area contributed by atoms with E-state index in [0.717, 1.165) is 22.2 Å². The first kappa shape index (κ1) is 21.5. The second-order valence-corrected chi connectivity index (χ2v) is 9.13. The largest absolute Gasteiger partial charge is 0.361 e. The SMILES string of the molecule is Cc1nc(C(Cc2c[nH]c3ccccc23)NC(=O)c2cc(C(C)(C)C)nn2C)cc(=O)[nH]1. The molecule has 8 nitrogen and oxygen atoms in total. The lowest BCUT2D eigenvalue weighted by Gasteiger charge is -2.18. The number of amides is 1. The molecule has 0 aliphatic carbocycles. The molecule has 0 saturated carbocycles. The smallest absolute Gasteiger partial charge is 0.270 e. The van der Waals surface area contributed by atoms with Gasteiger partial charge in [0.15, 0.2) is 0 Å². The summed E-state index contributed by atoms with van der Waals surface area (Å²) in [5, 5.41) is 8.66. The molecule has 166 valence electrons. The van der Waals surface area contributed by atoms with E-state index >= 15 is 0 Å². The number of nitrogens with zero attached hydrogens (tertiary/aromatic N) is 3. The van der Waals surface area contributed by atoms with E-state index in [4.69, 9.17) is 0 Å². The number of para-hydroxylation sites is 1. The van der Waals surface area contributed by atoms with Crippen LogP contribution in [0.5, 0.6) is 0 Å². The molecule has 0 aliphatic heterocycles. The Hall–Kier alpha value is -3.68. The Morgan fingerprint density at radius 2 is 1.97 bits per heavy atom. The van der Waals surface area contributed by atoms with Crippen LogP contribution < -0.4 is 10.9 Å². The maximum Gasteiger partial charge on any atom is 0.270 e. The number of carbonyl (C=O) groups excluding carboxylic acids is 1. The van der Waals surface area contributed by atoms with Crippen LogP contribution in [0, 0.1) is 6.92 Å². The van der Waals surface area contributed by atoms with Crippen molar-refractivity contribution in [3.63, 3.8) is 0 Å². The van der Waals surface area contributed by atoms with Crippen LogP contribution in [-0.4, -0.2) is 30.6 Å². The number of hydrogen-bond donors (Lipinski definition) is 3. The summed E-state index contributed by atoms with van der Waals surface area (Å²) in [5.41, 5.74) is 3.44. The summed E-state index contributed by atoms with van der Waals surface area (Å²) >= 11 is 0.